The molecule has 2 aromatic rings. The third-order valence-corrected chi connectivity index (χ3v) is 4.82. The van der Waals surface area contributed by atoms with Crippen molar-refractivity contribution in [3.05, 3.63) is 36.4 Å². The summed E-state index contributed by atoms with van der Waals surface area (Å²) < 4.78 is 5.65. The molecule has 3 N–H and O–H groups in total. The van der Waals surface area contributed by atoms with Crippen LogP contribution in [0, 0.1) is 0 Å². The van der Waals surface area contributed by atoms with Crippen LogP contribution in [-0.4, -0.2) is 34.9 Å². The highest BCUT2D eigenvalue weighted by Gasteiger charge is 2.40. The lowest BCUT2D eigenvalue weighted by Gasteiger charge is -2.20. The zero-order valence-corrected chi connectivity index (χ0v) is 13.9. The van der Waals surface area contributed by atoms with E-state index in [4.69, 9.17) is 4.42 Å². The molecule has 2 saturated heterocycles. The second-order valence-electron chi connectivity index (χ2n) is 6.62. The van der Waals surface area contributed by atoms with Crippen molar-refractivity contribution < 1.29 is 14.0 Å². The van der Waals surface area contributed by atoms with Crippen molar-refractivity contribution in [3.8, 4) is 11.3 Å². The van der Waals surface area contributed by atoms with Crippen LogP contribution in [0.15, 0.2) is 34.9 Å². The van der Waals surface area contributed by atoms with Crippen LogP contribution in [0.4, 0.5) is 5.69 Å². The topological polar surface area (TPSA) is 96.3 Å². The number of carbonyl (C=O) groups excluding carboxylic acids is 2. The number of carbonyl (C=O) groups is 2. The Morgan fingerprint density at radius 1 is 1.28 bits per heavy atom. The molecule has 3 heterocycles. The maximum absolute atomic E-state index is 12.4. The Labute approximate surface area is 145 Å². The van der Waals surface area contributed by atoms with Gasteiger partial charge in [-0.2, -0.15) is 0 Å². The quantitative estimate of drug-likeness (QED) is 0.790. The van der Waals surface area contributed by atoms with Gasteiger partial charge in [-0.3, -0.25) is 9.59 Å². The summed E-state index contributed by atoms with van der Waals surface area (Å²) in [6.45, 7) is 1.44. The monoisotopic (exact) mass is 340 g/mol. The summed E-state index contributed by atoms with van der Waals surface area (Å²) in [6.07, 6.45) is 4.74. The van der Waals surface area contributed by atoms with Crippen molar-refractivity contribution in [2.75, 3.05) is 5.32 Å². The predicted molar refractivity (Wildman–Crippen MR) is 92.1 cm³/mol. The van der Waals surface area contributed by atoms with Crippen LogP contribution in [0.1, 0.15) is 36.9 Å². The van der Waals surface area contributed by atoms with E-state index in [1.54, 1.807) is 6.07 Å². The minimum Gasteiger partial charge on any atom is -0.432 e. The number of para-hydroxylation sites is 1. The molecule has 7 heteroatoms. The molecule has 130 valence electrons. The molecular formula is C18H20N4O3. The van der Waals surface area contributed by atoms with Crippen molar-refractivity contribution in [1.29, 1.82) is 0 Å². The van der Waals surface area contributed by atoms with Crippen molar-refractivity contribution in [1.82, 2.24) is 15.6 Å². The fourth-order valence-corrected chi connectivity index (χ4v) is 3.71. The average molecular weight is 340 g/mol. The fraction of sp³-hybridized carbons (Fsp3) is 0.389. The number of hydrogen-bond donors (Lipinski definition) is 3. The van der Waals surface area contributed by atoms with E-state index in [1.165, 1.54) is 19.5 Å². The standard InChI is InChI=1S/C18H20N4O3/c1-10(23)20-13-5-3-2-4-12(13)16-9-19-18(25-16)17(24)22-15-8-11-6-7-14(15)21-11/h2-5,9,11,14-15,21H,6-8H2,1H3,(H,20,23)(H,22,24)/t11-,14+,15-/m1/s1. The fourth-order valence-electron chi connectivity index (χ4n) is 3.71. The second-order valence-corrected chi connectivity index (χ2v) is 6.62. The molecule has 1 aromatic heterocycles. The third kappa shape index (κ3) is 3.15. The Morgan fingerprint density at radius 2 is 2.12 bits per heavy atom. The van der Waals surface area contributed by atoms with Gasteiger partial charge in [0.25, 0.3) is 5.89 Å². The van der Waals surface area contributed by atoms with Gasteiger partial charge in [0.1, 0.15) is 0 Å². The van der Waals surface area contributed by atoms with E-state index in [2.05, 4.69) is 20.9 Å². The number of oxazole rings is 1. The smallest absolute Gasteiger partial charge is 0.307 e. The maximum atomic E-state index is 12.4. The van der Waals surface area contributed by atoms with Crippen molar-refractivity contribution >= 4 is 17.5 Å². The molecule has 2 fully saturated rings. The summed E-state index contributed by atoms with van der Waals surface area (Å²) in [5, 5.41) is 9.25. The first-order valence-electron chi connectivity index (χ1n) is 8.50. The Kier molecular flexibility index (Phi) is 4.01. The Morgan fingerprint density at radius 3 is 2.84 bits per heavy atom. The maximum Gasteiger partial charge on any atom is 0.307 e. The number of rotatable bonds is 4. The predicted octanol–water partition coefficient (Wildman–Crippen LogP) is 1.92. The van der Waals surface area contributed by atoms with Gasteiger partial charge in [0.15, 0.2) is 5.76 Å². The van der Waals surface area contributed by atoms with Crippen LogP contribution in [0.5, 0.6) is 0 Å². The number of hydrogen-bond acceptors (Lipinski definition) is 5. The minimum atomic E-state index is -0.303. The highest BCUT2D eigenvalue weighted by molar-refractivity contribution is 5.94. The summed E-state index contributed by atoms with van der Waals surface area (Å²) >= 11 is 0. The number of amides is 2. The lowest BCUT2D eigenvalue weighted by atomic mass is 9.95. The zero-order valence-electron chi connectivity index (χ0n) is 13.9. The molecule has 0 unspecified atom stereocenters. The normalized spacial score (nSPS) is 24.3. The molecule has 4 rings (SSSR count). The zero-order chi connectivity index (χ0) is 17.4. The van der Waals surface area contributed by atoms with Crippen molar-refractivity contribution in [2.45, 2.75) is 44.3 Å². The molecule has 2 aliphatic rings. The Hall–Kier alpha value is -2.67. The van der Waals surface area contributed by atoms with Gasteiger partial charge >= 0.3 is 5.91 Å². The summed E-state index contributed by atoms with van der Waals surface area (Å²) in [7, 11) is 0. The molecule has 2 aliphatic heterocycles. The van der Waals surface area contributed by atoms with E-state index < -0.39 is 0 Å². The van der Waals surface area contributed by atoms with Crippen LogP contribution < -0.4 is 16.0 Å². The molecule has 0 radical (unpaired) electrons. The summed E-state index contributed by atoms with van der Waals surface area (Å²) in [4.78, 5) is 27.9. The molecule has 0 aliphatic carbocycles. The lowest BCUT2D eigenvalue weighted by Crippen LogP contribution is -2.43. The van der Waals surface area contributed by atoms with Crippen LogP contribution >= 0.6 is 0 Å². The first kappa shape index (κ1) is 15.8. The van der Waals surface area contributed by atoms with E-state index in [9.17, 15) is 9.59 Å². The average Bonchev–Trinajstić information content (AvgIpc) is 3.31. The largest absolute Gasteiger partial charge is 0.432 e. The number of nitrogens with one attached hydrogen (secondary N) is 3. The highest BCUT2D eigenvalue weighted by atomic mass is 16.4. The van der Waals surface area contributed by atoms with Gasteiger partial charge in [-0.1, -0.05) is 12.1 Å². The van der Waals surface area contributed by atoms with Crippen LogP contribution in [0.3, 0.4) is 0 Å². The van der Waals surface area contributed by atoms with Gasteiger partial charge in [0.2, 0.25) is 5.91 Å². The van der Waals surface area contributed by atoms with Crippen LogP contribution in [0.2, 0.25) is 0 Å². The lowest BCUT2D eigenvalue weighted by molar-refractivity contribution is -0.114. The van der Waals surface area contributed by atoms with Crippen molar-refractivity contribution in [3.63, 3.8) is 0 Å². The summed E-state index contributed by atoms with van der Waals surface area (Å²) in [5.41, 5.74) is 1.31. The third-order valence-electron chi connectivity index (χ3n) is 4.82. The van der Waals surface area contributed by atoms with Gasteiger partial charge in [-0.15, -0.1) is 0 Å². The van der Waals surface area contributed by atoms with Crippen molar-refractivity contribution in [2.24, 2.45) is 0 Å². The number of benzene rings is 1. The molecule has 25 heavy (non-hydrogen) atoms. The van der Waals surface area contributed by atoms with E-state index in [0.29, 0.717) is 29.1 Å². The van der Waals surface area contributed by atoms with E-state index in [1.807, 2.05) is 18.2 Å². The molecule has 0 spiro atoms. The number of aromatic nitrogens is 1. The molecule has 0 saturated carbocycles. The first-order valence-corrected chi connectivity index (χ1v) is 8.50. The van der Waals surface area contributed by atoms with Crippen LogP contribution in [-0.2, 0) is 4.79 Å². The molecule has 7 nitrogen and oxygen atoms in total. The van der Waals surface area contributed by atoms with E-state index >= 15 is 0 Å². The molecule has 3 atom stereocenters. The van der Waals surface area contributed by atoms with Gasteiger partial charge in [-0.05, 0) is 31.4 Å². The first-order chi connectivity index (χ1) is 12.1. The SMILES string of the molecule is CC(=O)Nc1ccccc1-c1cnc(C(=O)N[C@@H]2C[C@H]3CC[C@@H]2N3)o1. The van der Waals surface area contributed by atoms with E-state index in [-0.39, 0.29) is 23.7 Å². The Bertz CT molecular complexity index is 816. The molecule has 2 amide bonds. The number of anilines is 1. The number of fused-ring (bicyclic) bond motifs is 2. The molecular weight excluding hydrogens is 320 g/mol. The highest BCUT2D eigenvalue weighted by Crippen LogP contribution is 2.30. The number of nitrogens with zero attached hydrogens (tertiary/aromatic N) is 1. The van der Waals surface area contributed by atoms with Crippen LogP contribution in [0.25, 0.3) is 11.3 Å². The van der Waals surface area contributed by atoms with Gasteiger partial charge < -0.3 is 20.4 Å². The van der Waals surface area contributed by atoms with E-state index in [0.717, 1.165) is 12.8 Å². The molecule has 2 bridgehead atoms. The van der Waals surface area contributed by atoms with Gasteiger partial charge in [-0.25, -0.2) is 4.98 Å². The second kappa shape index (κ2) is 6.33. The summed E-state index contributed by atoms with van der Waals surface area (Å²) in [5.74, 6) is 0.00675. The summed E-state index contributed by atoms with van der Waals surface area (Å²) in [6, 6.07) is 8.25. The van der Waals surface area contributed by atoms with Gasteiger partial charge in [0.05, 0.1) is 11.9 Å². The molecule has 1 aromatic carbocycles. The minimum absolute atomic E-state index is 0.0374. The Balaban J connectivity index is 1.50. The van der Waals surface area contributed by atoms with Gasteiger partial charge in [0, 0.05) is 30.6 Å².